The van der Waals surface area contributed by atoms with Gasteiger partial charge >= 0.3 is 20.2 Å². The molecule has 2 heterocycles. The third-order valence-electron chi connectivity index (χ3n) is 4.28. The third kappa shape index (κ3) is 7.29. The number of hydrogen-bond acceptors (Lipinski definition) is 8. The molecule has 3 atom stereocenters. The molecular formula is C20H26N3O7P. The Morgan fingerprint density at radius 3 is 2.74 bits per heavy atom. The van der Waals surface area contributed by atoms with E-state index in [-0.39, 0.29) is 25.4 Å². The maximum atomic E-state index is 12.0. The van der Waals surface area contributed by atoms with Crippen LogP contribution in [0.4, 0.5) is 0 Å². The molecule has 2 N–H and O–H groups in total. The van der Waals surface area contributed by atoms with Crippen molar-refractivity contribution in [2.24, 2.45) is 0 Å². The Bertz CT molecular complexity index is 963. The van der Waals surface area contributed by atoms with Crippen LogP contribution in [0.1, 0.15) is 32.9 Å². The zero-order chi connectivity index (χ0) is 22.2. The molecule has 1 saturated heterocycles. The summed E-state index contributed by atoms with van der Waals surface area (Å²) in [7, 11) is -1.64. The number of esters is 1. The largest absolute Gasteiger partial charge is 0.462 e. The normalized spacial score (nSPS) is 19.3. The topological polar surface area (TPSA) is 121 Å². The summed E-state index contributed by atoms with van der Waals surface area (Å²) < 4.78 is 24.1. The number of ether oxygens (including phenoxy) is 2. The average molecular weight is 451 g/mol. The first-order chi connectivity index (χ1) is 14.9. The monoisotopic (exact) mass is 451 g/mol. The lowest BCUT2D eigenvalue weighted by atomic mass is 10.2. The summed E-state index contributed by atoms with van der Waals surface area (Å²) in [6.07, 6.45) is 1.73. The lowest BCUT2D eigenvalue weighted by Crippen LogP contribution is -2.32. The van der Waals surface area contributed by atoms with Crippen LogP contribution in [0.3, 0.4) is 0 Å². The third-order valence-corrected chi connectivity index (χ3v) is 5.45. The molecule has 0 radical (unpaired) electrons. The second-order valence-electron chi connectivity index (χ2n) is 7.14. The Hall–Kier alpha value is -2.52. The Morgan fingerprint density at radius 2 is 2.03 bits per heavy atom. The predicted octanol–water partition coefficient (Wildman–Crippen LogP) is 2.08. The molecule has 1 aromatic carbocycles. The van der Waals surface area contributed by atoms with Crippen LogP contribution in [0.2, 0.25) is 0 Å². The van der Waals surface area contributed by atoms with Crippen molar-refractivity contribution in [3.63, 3.8) is 0 Å². The molecule has 0 amide bonds. The standard InChI is InChI=1S/C20H26N3O7P/c1-14(2)28-19(25)12-21-31(30-15-6-4-3-5-7-15)27-13-16-8-9-18(29-16)23-11-10-17(24)22-20(23)26/h3-7,10-11,14,16,18,21H,8-9,12-13H2,1-2H3,(H,22,24,26). The summed E-state index contributed by atoms with van der Waals surface area (Å²) in [6.45, 7) is 3.70. The number of hydrogen-bond donors (Lipinski definition) is 2. The average Bonchev–Trinajstić information content (AvgIpc) is 3.19. The molecule has 3 rings (SSSR count). The molecule has 1 aromatic heterocycles. The first kappa shape index (κ1) is 23.1. The first-order valence-electron chi connectivity index (χ1n) is 9.96. The lowest BCUT2D eigenvalue weighted by molar-refractivity contribution is -0.145. The fourth-order valence-electron chi connectivity index (χ4n) is 2.93. The zero-order valence-electron chi connectivity index (χ0n) is 17.4. The fourth-order valence-corrected chi connectivity index (χ4v) is 4.02. The molecule has 0 bridgehead atoms. The summed E-state index contributed by atoms with van der Waals surface area (Å²) in [5, 5.41) is 2.95. The Morgan fingerprint density at radius 1 is 1.26 bits per heavy atom. The van der Waals surface area contributed by atoms with Crippen LogP contribution in [-0.4, -0.2) is 40.9 Å². The number of nitrogens with one attached hydrogen (secondary N) is 2. The minimum absolute atomic E-state index is 0.0579. The van der Waals surface area contributed by atoms with Crippen LogP contribution in [0.5, 0.6) is 5.75 Å². The van der Waals surface area contributed by atoms with Gasteiger partial charge in [-0.15, -0.1) is 0 Å². The highest BCUT2D eigenvalue weighted by Gasteiger charge is 2.29. The highest BCUT2D eigenvalue weighted by Crippen LogP contribution is 2.37. The van der Waals surface area contributed by atoms with Crippen LogP contribution < -0.4 is 20.9 Å². The number of carbonyl (C=O) groups is 1. The number of nitrogens with zero attached hydrogens (tertiary/aromatic N) is 1. The molecule has 1 fully saturated rings. The SMILES string of the molecule is CC(C)OC(=O)CNP(OCC1CCC(n2ccc(=O)[nH]c2=O)O1)Oc1ccccc1. The number of para-hydroxylation sites is 1. The summed E-state index contributed by atoms with van der Waals surface area (Å²) >= 11 is 0. The predicted molar refractivity (Wildman–Crippen MR) is 114 cm³/mol. The second-order valence-corrected chi connectivity index (χ2v) is 8.41. The van der Waals surface area contributed by atoms with Crippen molar-refractivity contribution in [2.45, 2.75) is 45.1 Å². The van der Waals surface area contributed by atoms with Crippen molar-refractivity contribution in [3.05, 3.63) is 63.4 Å². The molecule has 2 aromatic rings. The van der Waals surface area contributed by atoms with Crippen LogP contribution in [0, 0.1) is 0 Å². The van der Waals surface area contributed by atoms with E-state index in [0.717, 1.165) is 0 Å². The van der Waals surface area contributed by atoms with E-state index < -0.39 is 32.0 Å². The minimum Gasteiger partial charge on any atom is -0.462 e. The summed E-state index contributed by atoms with van der Waals surface area (Å²) in [6, 6.07) is 10.4. The Labute approximate surface area is 180 Å². The van der Waals surface area contributed by atoms with Gasteiger partial charge in [0.1, 0.15) is 18.5 Å². The molecule has 0 saturated carbocycles. The van der Waals surface area contributed by atoms with Crippen molar-refractivity contribution >= 4 is 14.5 Å². The van der Waals surface area contributed by atoms with Gasteiger partial charge in [-0.1, -0.05) is 18.2 Å². The van der Waals surface area contributed by atoms with E-state index in [1.807, 2.05) is 18.2 Å². The minimum atomic E-state index is -1.64. The van der Waals surface area contributed by atoms with Gasteiger partial charge in [-0.3, -0.25) is 19.1 Å². The molecular weight excluding hydrogens is 425 g/mol. The van der Waals surface area contributed by atoms with E-state index in [0.29, 0.717) is 18.6 Å². The van der Waals surface area contributed by atoms with E-state index >= 15 is 0 Å². The number of H-pyrrole nitrogens is 1. The van der Waals surface area contributed by atoms with E-state index in [4.69, 9.17) is 18.5 Å². The number of benzene rings is 1. The molecule has 11 heteroatoms. The van der Waals surface area contributed by atoms with Crippen molar-refractivity contribution in [2.75, 3.05) is 13.2 Å². The van der Waals surface area contributed by atoms with Crippen LogP contribution in [-0.2, 0) is 18.8 Å². The molecule has 0 aliphatic carbocycles. The van der Waals surface area contributed by atoms with Gasteiger partial charge in [-0.25, -0.2) is 9.88 Å². The van der Waals surface area contributed by atoms with E-state index in [1.54, 1.807) is 26.0 Å². The summed E-state index contributed by atoms with van der Waals surface area (Å²) in [5.41, 5.74) is -0.969. The molecule has 1 aliphatic heterocycles. The van der Waals surface area contributed by atoms with Crippen molar-refractivity contribution < 1.29 is 23.3 Å². The van der Waals surface area contributed by atoms with Crippen molar-refractivity contribution in [3.8, 4) is 5.75 Å². The zero-order valence-corrected chi connectivity index (χ0v) is 18.2. The smallest absolute Gasteiger partial charge is 0.330 e. The fraction of sp³-hybridized carbons (Fsp3) is 0.450. The molecule has 31 heavy (non-hydrogen) atoms. The molecule has 3 unspecified atom stereocenters. The van der Waals surface area contributed by atoms with E-state index in [1.165, 1.54) is 16.8 Å². The van der Waals surface area contributed by atoms with Crippen molar-refractivity contribution in [1.29, 1.82) is 0 Å². The van der Waals surface area contributed by atoms with Gasteiger partial charge in [0.15, 0.2) is 0 Å². The summed E-state index contributed by atoms with van der Waals surface area (Å²) in [5.74, 6) is 0.195. The number of carbonyl (C=O) groups excluding carboxylic acids is 1. The second kappa shape index (κ2) is 11.2. The van der Waals surface area contributed by atoms with Gasteiger partial charge in [-0.2, -0.15) is 0 Å². The lowest BCUT2D eigenvalue weighted by Gasteiger charge is -2.21. The van der Waals surface area contributed by atoms with Gasteiger partial charge in [-0.05, 0) is 38.8 Å². The summed E-state index contributed by atoms with van der Waals surface area (Å²) in [4.78, 5) is 37.3. The molecule has 168 valence electrons. The highest BCUT2D eigenvalue weighted by atomic mass is 31.2. The Kier molecular flexibility index (Phi) is 8.36. The van der Waals surface area contributed by atoms with Gasteiger partial charge in [0.25, 0.3) is 5.56 Å². The number of rotatable bonds is 10. The van der Waals surface area contributed by atoms with E-state index in [9.17, 15) is 14.4 Å². The number of aromatic amines is 1. The van der Waals surface area contributed by atoms with Gasteiger partial charge in [0.2, 0.25) is 0 Å². The van der Waals surface area contributed by atoms with E-state index in [2.05, 4.69) is 10.1 Å². The molecule has 0 spiro atoms. The van der Waals surface area contributed by atoms with Crippen LogP contribution in [0.15, 0.2) is 52.2 Å². The molecule has 10 nitrogen and oxygen atoms in total. The highest BCUT2D eigenvalue weighted by molar-refractivity contribution is 7.45. The number of aromatic nitrogens is 2. The quantitative estimate of drug-likeness (QED) is 0.416. The van der Waals surface area contributed by atoms with Crippen molar-refractivity contribution in [1.82, 2.24) is 14.6 Å². The molecule has 1 aliphatic rings. The van der Waals surface area contributed by atoms with Gasteiger partial charge < -0.3 is 18.5 Å². The van der Waals surface area contributed by atoms with Gasteiger partial charge in [0.05, 0.1) is 18.8 Å². The van der Waals surface area contributed by atoms with Crippen LogP contribution in [0.25, 0.3) is 0 Å². The first-order valence-corrected chi connectivity index (χ1v) is 11.1. The van der Waals surface area contributed by atoms with Crippen LogP contribution >= 0.6 is 8.53 Å². The maximum absolute atomic E-state index is 12.0. The van der Waals surface area contributed by atoms with Gasteiger partial charge in [0, 0.05) is 12.3 Å². The Balaban J connectivity index is 1.55. The maximum Gasteiger partial charge on any atom is 0.330 e.